The highest BCUT2D eigenvalue weighted by Gasteiger charge is 2.31. The monoisotopic (exact) mass is 586 g/mol. The summed E-state index contributed by atoms with van der Waals surface area (Å²) in [6.45, 7) is 3.26. The van der Waals surface area contributed by atoms with E-state index in [-0.39, 0.29) is 24.8 Å². The van der Waals surface area contributed by atoms with Crippen LogP contribution in [0.4, 0.5) is 34.6 Å². The van der Waals surface area contributed by atoms with E-state index in [2.05, 4.69) is 14.9 Å². The van der Waals surface area contributed by atoms with Crippen molar-refractivity contribution in [1.29, 1.82) is 0 Å². The molecular weight excluding hydrogens is 563 g/mol. The first-order valence-corrected chi connectivity index (χ1v) is 12.4. The van der Waals surface area contributed by atoms with Gasteiger partial charge in [-0.15, -0.1) is 0 Å². The molecule has 0 saturated carbocycles. The summed E-state index contributed by atoms with van der Waals surface area (Å²) in [4.78, 5) is 2.12. The Kier molecular flexibility index (Phi) is 7.89. The lowest BCUT2D eigenvalue weighted by Gasteiger charge is -2.35. The van der Waals surface area contributed by atoms with Gasteiger partial charge in [-0.3, -0.25) is 4.72 Å². The molecule has 32 heavy (non-hydrogen) atoms. The first-order valence-electron chi connectivity index (χ1n) is 9.91. The van der Waals surface area contributed by atoms with Gasteiger partial charge in [0.25, 0.3) is 0 Å². The van der Waals surface area contributed by atoms with Crippen LogP contribution in [0.2, 0.25) is 0 Å². The molecule has 0 amide bonds. The zero-order chi connectivity index (χ0) is 23.6. The van der Waals surface area contributed by atoms with Gasteiger partial charge in [0.1, 0.15) is 11.5 Å². The maximum atomic E-state index is 14.6. The van der Waals surface area contributed by atoms with E-state index in [1.807, 2.05) is 36.6 Å². The van der Waals surface area contributed by atoms with Crippen LogP contribution in [0.5, 0.6) is 0 Å². The minimum Gasteiger partial charge on any atom is -0.349 e. The summed E-state index contributed by atoms with van der Waals surface area (Å²) in [5.74, 6) is -5.80. The lowest BCUT2D eigenvalue weighted by Crippen LogP contribution is -2.47. The molecule has 6 nitrogen and oxygen atoms in total. The Morgan fingerprint density at radius 1 is 1.06 bits per heavy atom. The Labute approximate surface area is 198 Å². The fourth-order valence-corrected chi connectivity index (χ4v) is 5.22. The van der Waals surface area contributed by atoms with Crippen molar-refractivity contribution in [3.05, 3.63) is 51.1 Å². The molecule has 1 saturated heterocycles. The normalized spacial score (nSPS) is 15.9. The molecule has 176 valence electrons. The van der Waals surface area contributed by atoms with Crippen molar-refractivity contribution in [3.8, 4) is 0 Å². The fraction of sp³-hybridized carbons (Fsp3) is 0.400. The van der Waals surface area contributed by atoms with Gasteiger partial charge in [-0.1, -0.05) is 6.92 Å². The SMILES string of the molecule is CCN(C)C1CCN(S(=O)(=O)Nc2cc(F)c(F)c(F)c2Nc2ccc(I)cc2F)CC1. The maximum Gasteiger partial charge on any atom is 0.301 e. The van der Waals surface area contributed by atoms with Crippen molar-refractivity contribution >= 4 is 49.9 Å². The molecule has 0 aromatic heterocycles. The van der Waals surface area contributed by atoms with Crippen molar-refractivity contribution in [2.75, 3.05) is 36.7 Å². The van der Waals surface area contributed by atoms with Gasteiger partial charge < -0.3 is 10.2 Å². The highest BCUT2D eigenvalue weighted by Crippen LogP contribution is 2.34. The Morgan fingerprint density at radius 2 is 1.72 bits per heavy atom. The van der Waals surface area contributed by atoms with Crippen molar-refractivity contribution < 1.29 is 26.0 Å². The molecule has 3 rings (SSSR count). The standard InChI is InChI=1S/C20H23F4IN4O2S/c1-3-28(2)13-6-8-29(9-7-13)32(30,31)27-17-11-15(22)18(23)19(24)20(17)26-16-5-4-12(25)10-14(16)21/h4-5,10-11,13,26-27H,3,6-9H2,1-2H3. The minimum atomic E-state index is -4.20. The van der Waals surface area contributed by atoms with E-state index in [1.54, 1.807) is 0 Å². The summed E-state index contributed by atoms with van der Waals surface area (Å²) < 4.78 is 86.2. The number of nitrogens with zero attached hydrogens (tertiary/aromatic N) is 2. The first-order chi connectivity index (χ1) is 15.0. The first kappa shape index (κ1) is 25.0. The average Bonchev–Trinajstić information content (AvgIpc) is 2.75. The summed E-state index contributed by atoms with van der Waals surface area (Å²) >= 11 is 1.87. The predicted octanol–water partition coefficient (Wildman–Crippen LogP) is 4.66. The molecule has 0 bridgehead atoms. The number of hydrogen-bond donors (Lipinski definition) is 2. The Bertz CT molecular complexity index is 1100. The van der Waals surface area contributed by atoms with Gasteiger partial charge >= 0.3 is 10.2 Å². The van der Waals surface area contributed by atoms with E-state index in [9.17, 15) is 26.0 Å². The summed E-state index contributed by atoms with van der Waals surface area (Å²) in [5.41, 5.74) is -1.50. The van der Waals surface area contributed by atoms with Crippen LogP contribution in [-0.4, -0.2) is 50.3 Å². The minimum absolute atomic E-state index is 0.213. The number of piperidine rings is 1. The molecule has 1 fully saturated rings. The molecule has 12 heteroatoms. The van der Waals surface area contributed by atoms with E-state index in [4.69, 9.17) is 0 Å². The third-order valence-electron chi connectivity index (χ3n) is 5.48. The Morgan fingerprint density at radius 3 is 2.31 bits per heavy atom. The van der Waals surface area contributed by atoms with Gasteiger partial charge in [0.2, 0.25) is 0 Å². The smallest absolute Gasteiger partial charge is 0.301 e. The third-order valence-corrected chi connectivity index (χ3v) is 7.67. The van der Waals surface area contributed by atoms with E-state index in [0.717, 1.165) is 12.6 Å². The summed E-state index contributed by atoms with van der Waals surface area (Å²) in [7, 11) is -2.24. The number of halogens is 5. The van der Waals surface area contributed by atoms with Gasteiger partial charge in [-0.05, 0) is 67.2 Å². The van der Waals surface area contributed by atoms with Crippen molar-refractivity contribution in [3.63, 3.8) is 0 Å². The lowest BCUT2D eigenvalue weighted by molar-refractivity contribution is 0.175. The Hall–Kier alpha value is -1.64. The van der Waals surface area contributed by atoms with Crippen LogP contribution < -0.4 is 10.0 Å². The predicted molar refractivity (Wildman–Crippen MR) is 124 cm³/mol. The number of anilines is 3. The van der Waals surface area contributed by atoms with Gasteiger partial charge in [-0.2, -0.15) is 12.7 Å². The number of benzene rings is 2. The van der Waals surface area contributed by atoms with Gasteiger partial charge in [0.15, 0.2) is 17.5 Å². The van der Waals surface area contributed by atoms with Crippen LogP contribution in [0.15, 0.2) is 24.3 Å². The second-order valence-corrected chi connectivity index (χ2v) is 10.4. The fourth-order valence-electron chi connectivity index (χ4n) is 3.51. The van der Waals surface area contributed by atoms with E-state index in [1.165, 1.54) is 16.4 Å². The van der Waals surface area contributed by atoms with E-state index < -0.39 is 44.9 Å². The lowest BCUT2D eigenvalue weighted by atomic mass is 10.1. The van der Waals surface area contributed by atoms with Crippen LogP contribution in [0.25, 0.3) is 0 Å². The maximum absolute atomic E-state index is 14.6. The molecule has 0 unspecified atom stereocenters. The van der Waals surface area contributed by atoms with Crippen LogP contribution >= 0.6 is 22.6 Å². The highest BCUT2D eigenvalue weighted by atomic mass is 127. The Balaban J connectivity index is 1.89. The number of nitrogens with one attached hydrogen (secondary N) is 2. The second-order valence-electron chi connectivity index (χ2n) is 7.47. The quantitative estimate of drug-likeness (QED) is 0.282. The molecule has 0 radical (unpaired) electrons. The molecule has 2 N–H and O–H groups in total. The molecule has 1 aliphatic heterocycles. The molecule has 1 aliphatic rings. The largest absolute Gasteiger partial charge is 0.349 e. The zero-order valence-corrected chi connectivity index (χ0v) is 20.4. The van der Waals surface area contributed by atoms with E-state index >= 15 is 0 Å². The molecule has 2 aromatic rings. The highest BCUT2D eigenvalue weighted by molar-refractivity contribution is 14.1. The summed E-state index contributed by atoms with van der Waals surface area (Å²) in [6, 6.07) is 4.71. The third kappa shape index (κ3) is 5.46. The van der Waals surface area contributed by atoms with Crippen LogP contribution in [0, 0.1) is 26.8 Å². The molecule has 2 aromatic carbocycles. The molecular formula is C20H23F4IN4O2S. The molecule has 1 heterocycles. The van der Waals surface area contributed by atoms with Gasteiger partial charge in [-0.25, -0.2) is 17.6 Å². The van der Waals surface area contributed by atoms with Crippen LogP contribution in [0.3, 0.4) is 0 Å². The molecule has 0 atom stereocenters. The molecule has 0 aliphatic carbocycles. The van der Waals surface area contributed by atoms with Crippen molar-refractivity contribution in [2.24, 2.45) is 0 Å². The van der Waals surface area contributed by atoms with Crippen LogP contribution in [0.1, 0.15) is 19.8 Å². The number of rotatable bonds is 7. The van der Waals surface area contributed by atoms with Gasteiger partial charge in [0, 0.05) is 28.8 Å². The average molecular weight is 586 g/mol. The number of hydrogen-bond acceptors (Lipinski definition) is 4. The molecule has 0 spiro atoms. The van der Waals surface area contributed by atoms with Crippen molar-refractivity contribution in [2.45, 2.75) is 25.8 Å². The second kappa shape index (κ2) is 10.1. The summed E-state index contributed by atoms with van der Waals surface area (Å²) in [6.07, 6.45) is 1.19. The van der Waals surface area contributed by atoms with Crippen molar-refractivity contribution in [1.82, 2.24) is 9.21 Å². The van der Waals surface area contributed by atoms with E-state index in [0.29, 0.717) is 22.5 Å². The topological polar surface area (TPSA) is 64.7 Å². The van der Waals surface area contributed by atoms with Gasteiger partial charge in [0.05, 0.1) is 11.4 Å². The zero-order valence-electron chi connectivity index (χ0n) is 17.4. The van der Waals surface area contributed by atoms with Crippen LogP contribution in [-0.2, 0) is 10.2 Å². The summed E-state index contributed by atoms with van der Waals surface area (Å²) in [5, 5.41) is 2.35.